The maximum atomic E-state index is 11.4. The summed E-state index contributed by atoms with van der Waals surface area (Å²) in [6.45, 7) is 1.58. The molecule has 1 aromatic heterocycles. The van der Waals surface area contributed by atoms with Gasteiger partial charge >= 0.3 is 5.97 Å². The van der Waals surface area contributed by atoms with Crippen molar-refractivity contribution >= 4 is 51.7 Å². The van der Waals surface area contributed by atoms with E-state index in [0.29, 0.717) is 37.5 Å². The van der Waals surface area contributed by atoms with Crippen LogP contribution >= 0.6 is 34.8 Å². The highest BCUT2D eigenvalue weighted by molar-refractivity contribution is 6.35. The zero-order valence-electron chi connectivity index (χ0n) is 15.7. The standard InChI is InChI=1S/C23H15Cl3O4/c1-13(27)30-23-12-29-22-10-21(28-11-15-4-7-17(25)8-20(15)26)18(9-19(22)23)14-2-5-16(24)6-3-14/h2-10,12H,11H2,1H3. The van der Waals surface area contributed by atoms with Gasteiger partial charge in [-0.1, -0.05) is 53.0 Å². The predicted molar refractivity (Wildman–Crippen MR) is 119 cm³/mol. The highest BCUT2D eigenvalue weighted by atomic mass is 35.5. The van der Waals surface area contributed by atoms with Gasteiger partial charge in [0.05, 0.1) is 5.39 Å². The van der Waals surface area contributed by atoms with Crippen molar-refractivity contribution in [2.45, 2.75) is 13.5 Å². The summed E-state index contributed by atoms with van der Waals surface area (Å²) in [6.07, 6.45) is 1.40. The Morgan fingerprint density at radius 1 is 0.933 bits per heavy atom. The van der Waals surface area contributed by atoms with E-state index in [9.17, 15) is 4.79 Å². The van der Waals surface area contributed by atoms with E-state index in [1.54, 1.807) is 30.3 Å². The molecule has 3 aromatic carbocycles. The van der Waals surface area contributed by atoms with Gasteiger partial charge in [-0.3, -0.25) is 4.79 Å². The Labute approximate surface area is 187 Å². The first-order valence-corrected chi connectivity index (χ1v) is 10.1. The highest BCUT2D eigenvalue weighted by Crippen LogP contribution is 2.39. The molecule has 0 radical (unpaired) electrons. The lowest BCUT2D eigenvalue weighted by Crippen LogP contribution is -2.01. The quantitative estimate of drug-likeness (QED) is 0.288. The maximum absolute atomic E-state index is 11.4. The van der Waals surface area contributed by atoms with Gasteiger partial charge < -0.3 is 13.9 Å². The lowest BCUT2D eigenvalue weighted by molar-refractivity contribution is -0.131. The van der Waals surface area contributed by atoms with Crippen LogP contribution in [0, 0.1) is 0 Å². The van der Waals surface area contributed by atoms with Crippen LogP contribution in [0.25, 0.3) is 22.1 Å². The van der Waals surface area contributed by atoms with Crippen molar-refractivity contribution in [3.05, 3.63) is 81.5 Å². The third-order valence-electron chi connectivity index (χ3n) is 4.45. The minimum Gasteiger partial charge on any atom is -0.488 e. The molecule has 7 heteroatoms. The molecular formula is C23H15Cl3O4. The third-order valence-corrected chi connectivity index (χ3v) is 5.29. The summed E-state index contributed by atoms with van der Waals surface area (Å²) in [4.78, 5) is 11.4. The minimum atomic E-state index is -0.427. The van der Waals surface area contributed by atoms with Gasteiger partial charge in [-0.15, -0.1) is 0 Å². The average molecular weight is 462 g/mol. The van der Waals surface area contributed by atoms with Crippen LogP contribution in [0.15, 0.2) is 65.3 Å². The van der Waals surface area contributed by atoms with E-state index < -0.39 is 5.97 Å². The number of hydrogen-bond acceptors (Lipinski definition) is 4. The second-order valence-corrected chi connectivity index (χ2v) is 7.85. The molecule has 1 heterocycles. The van der Waals surface area contributed by atoms with E-state index in [0.717, 1.165) is 16.7 Å². The molecule has 0 aliphatic rings. The van der Waals surface area contributed by atoms with Gasteiger partial charge in [0.2, 0.25) is 0 Å². The maximum Gasteiger partial charge on any atom is 0.308 e. The van der Waals surface area contributed by atoms with Crippen molar-refractivity contribution in [2.24, 2.45) is 0 Å². The van der Waals surface area contributed by atoms with Gasteiger partial charge in [-0.05, 0) is 35.9 Å². The molecule has 0 aliphatic heterocycles. The second-order valence-electron chi connectivity index (χ2n) is 6.57. The Balaban J connectivity index is 1.77. The molecule has 0 saturated carbocycles. The molecule has 4 aromatic rings. The first-order chi connectivity index (χ1) is 14.4. The lowest BCUT2D eigenvalue weighted by atomic mass is 10.0. The van der Waals surface area contributed by atoms with Crippen LogP contribution in [0.4, 0.5) is 0 Å². The fourth-order valence-electron chi connectivity index (χ4n) is 3.03. The van der Waals surface area contributed by atoms with Crippen LogP contribution in [-0.2, 0) is 11.4 Å². The van der Waals surface area contributed by atoms with Gasteiger partial charge in [0.15, 0.2) is 5.75 Å². The molecule has 0 aliphatic carbocycles. The summed E-state index contributed by atoms with van der Waals surface area (Å²) in [5.74, 6) is 0.503. The summed E-state index contributed by atoms with van der Waals surface area (Å²) < 4.78 is 16.9. The van der Waals surface area contributed by atoms with E-state index in [1.807, 2.05) is 24.3 Å². The van der Waals surface area contributed by atoms with Crippen LogP contribution in [0.5, 0.6) is 11.5 Å². The molecule has 0 N–H and O–H groups in total. The number of rotatable bonds is 5. The van der Waals surface area contributed by atoms with Gasteiger partial charge in [-0.2, -0.15) is 0 Å². The van der Waals surface area contributed by atoms with E-state index in [2.05, 4.69) is 0 Å². The molecular weight excluding hydrogens is 447 g/mol. The van der Waals surface area contributed by atoms with Crippen molar-refractivity contribution in [3.8, 4) is 22.6 Å². The molecule has 0 bridgehead atoms. The largest absolute Gasteiger partial charge is 0.488 e. The van der Waals surface area contributed by atoms with Crippen molar-refractivity contribution in [1.82, 2.24) is 0 Å². The first kappa shape index (κ1) is 20.6. The van der Waals surface area contributed by atoms with E-state index in [4.69, 9.17) is 48.7 Å². The van der Waals surface area contributed by atoms with Crippen LogP contribution < -0.4 is 9.47 Å². The molecule has 0 fully saturated rings. The third kappa shape index (κ3) is 4.41. The monoisotopic (exact) mass is 460 g/mol. The molecule has 152 valence electrons. The number of esters is 1. The molecule has 4 rings (SSSR count). The van der Waals surface area contributed by atoms with Crippen molar-refractivity contribution in [1.29, 1.82) is 0 Å². The second kappa shape index (κ2) is 8.60. The number of furan rings is 1. The molecule has 0 amide bonds. The summed E-state index contributed by atoms with van der Waals surface area (Å²) >= 11 is 18.3. The predicted octanol–water partition coefficient (Wildman–Crippen LogP) is 7.56. The Morgan fingerprint density at radius 2 is 1.67 bits per heavy atom. The molecule has 0 spiro atoms. The average Bonchev–Trinajstić information content (AvgIpc) is 3.08. The van der Waals surface area contributed by atoms with Gasteiger partial charge in [0.25, 0.3) is 0 Å². The van der Waals surface area contributed by atoms with Gasteiger partial charge in [0.1, 0.15) is 24.2 Å². The number of hydrogen-bond donors (Lipinski definition) is 0. The Bertz CT molecular complexity index is 1230. The van der Waals surface area contributed by atoms with Crippen molar-refractivity contribution in [2.75, 3.05) is 0 Å². The van der Waals surface area contributed by atoms with Crippen LogP contribution in [0.1, 0.15) is 12.5 Å². The summed E-state index contributed by atoms with van der Waals surface area (Å²) in [5.41, 5.74) is 3.00. The minimum absolute atomic E-state index is 0.236. The normalized spacial score (nSPS) is 10.9. The molecule has 4 nitrogen and oxygen atoms in total. The topological polar surface area (TPSA) is 48.7 Å². The Morgan fingerprint density at radius 3 is 2.37 bits per heavy atom. The van der Waals surface area contributed by atoms with Crippen LogP contribution in [0.2, 0.25) is 15.1 Å². The fraction of sp³-hybridized carbons (Fsp3) is 0.0870. The number of halogens is 3. The summed E-state index contributed by atoms with van der Waals surface area (Å²) in [6, 6.07) is 16.2. The number of carbonyl (C=O) groups is 1. The Kier molecular flexibility index (Phi) is 5.91. The smallest absolute Gasteiger partial charge is 0.308 e. The van der Waals surface area contributed by atoms with E-state index in [-0.39, 0.29) is 6.61 Å². The zero-order valence-corrected chi connectivity index (χ0v) is 18.0. The van der Waals surface area contributed by atoms with Gasteiger partial charge in [-0.25, -0.2) is 0 Å². The van der Waals surface area contributed by atoms with Crippen LogP contribution in [0.3, 0.4) is 0 Å². The molecule has 0 saturated heterocycles. The van der Waals surface area contributed by atoms with Gasteiger partial charge in [0, 0.05) is 39.2 Å². The zero-order chi connectivity index (χ0) is 21.3. The number of carbonyl (C=O) groups excluding carboxylic acids is 1. The van der Waals surface area contributed by atoms with E-state index in [1.165, 1.54) is 13.2 Å². The molecule has 0 atom stereocenters. The summed E-state index contributed by atoms with van der Waals surface area (Å²) in [5, 5.41) is 2.36. The highest BCUT2D eigenvalue weighted by Gasteiger charge is 2.16. The fourth-order valence-corrected chi connectivity index (χ4v) is 3.62. The molecule has 30 heavy (non-hydrogen) atoms. The SMILES string of the molecule is CC(=O)Oc1coc2cc(OCc3ccc(Cl)cc3Cl)c(-c3ccc(Cl)cc3)cc12. The van der Waals surface area contributed by atoms with E-state index >= 15 is 0 Å². The first-order valence-electron chi connectivity index (χ1n) is 8.97. The molecule has 0 unspecified atom stereocenters. The van der Waals surface area contributed by atoms with Crippen molar-refractivity contribution in [3.63, 3.8) is 0 Å². The Hall–Kier alpha value is -2.66. The summed E-state index contributed by atoms with van der Waals surface area (Å²) in [7, 11) is 0. The number of ether oxygens (including phenoxy) is 2. The van der Waals surface area contributed by atoms with Crippen LogP contribution in [-0.4, -0.2) is 5.97 Å². The number of benzene rings is 3. The van der Waals surface area contributed by atoms with Crippen molar-refractivity contribution < 1.29 is 18.7 Å². The number of fused-ring (bicyclic) bond motifs is 1. The lowest BCUT2D eigenvalue weighted by Gasteiger charge is -2.13.